The van der Waals surface area contributed by atoms with E-state index in [-0.39, 0.29) is 23.3 Å². The molecule has 0 saturated carbocycles. The van der Waals surface area contributed by atoms with Crippen molar-refractivity contribution in [3.05, 3.63) is 65.4 Å². The summed E-state index contributed by atoms with van der Waals surface area (Å²) in [5.41, 5.74) is 0.117. The molecular formula is C37H48F6N4OSSi. The quantitative estimate of drug-likeness (QED) is 0.123. The van der Waals surface area contributed by atoms with Gasteiger partial charge in [-0.25, -0.2) is 0 Å². The second-order valence-corrected chi connectivity index (χ2v) is 20.7. The lowest BCUT2D eigenvalue weighted by atomic mass is 9.72. The monoisotopic (exact) mass is 738 g/mol. The second kappa shape index (κ2) is 14.7. The molecule has 3 aromatic rings. The van der Waals surface area contributed by atoms with E-state index in [1.165, 1.54) is 6.42 Å². The summed E-state index contributed by atoms with van der Waals surface area (Å²) in [5, 5.41) is 6.21. The first kappa shape index (κ1) is 38.5. The van der Waals surface area contributed by atoms with Crippen molar-refractivity contribution in [1.29, 1.82) is 0 Å². The van der Waals surface area contributed by atoms with E-state index in [4.69, 9.17) is 16.6 Å². The molecule has 2 aromatic carbocycles. The van der Waals surface area contributed by atoms with Crippen molar-refractivity contribution in [2.75, 3.05) is 23.7 Å². The van der Waals surface area contributed by atoms with Crippen LogP contribution in [-0.4, -0.2) is 42.4 Å². The molecule has 4 heterocycles. The summed E-state index contributed by atoms with van der Waals surface area (Å²) in [4.78, 5) is 7.27. The third-order valence-electron chi connectivity index (χ3n) is 11.0. The number of alkyl halides is 6. The van der Waals surface area contributed by atoms with Crippen LogP contribution >= 0.6 is 12.2 Å². The lowest BCUT2D eigenvalue weighted by Crippen LogP contribution is -2.58. The van der Waals surface area contributed by atoms with Crippen molar-refractivity contribution in [2.45, 2.75) is 109 Å². The molecule has 3 aliphatic heterocycles. The molecule has 5 nitrogen and oxygen atoms in total. The van der Waals surface area contributed by atoms with Crippen molar-refractivity contribution >= 4 is 47.9 Å². The summed E-state index contributed by atoms with van der Waals surface area (Å²) in [6.45, 7) is 18.1. The van der Waals surface area contributed by atoms with Crippen molar-refractivity contribution < 1.29 is 30.8 Å². The van der Waals surface area contributed by atoms with Gasteiger partial charge in [0.2, 0.25) is 8.32 Å². The van der Waals surface area contributed by atoms with Crippen LogP contribution in [0.15, 0.2) is 48.7 Å². The molecule has 0 amide bonds. The highest BCUT2D eigenvalue weighted by Crippen LogP contribution is 2.50. The number of rotatable bonds is 10. The molecule has 0 spiro atoms. The number of anilines is 2. The molecule has 0 aliphatic carbocycles. The van der Waals surface area contributed by atoms with Gasteiger partial charge in [0, 0.05) is 35.5 Å². The van der Waals surface area contributed by atoms with E-state index in [2.05, 4.69) is 69.0 Å². The molecule has 2 bridgehead atoms. The third-order valence-corrected chi connectivity index (χ3v) is 17.3. The summed E-state index contributed by atoms with van der Waals surface area (Å²) in [6.07, 6.45) is -4.95. The van der Waals surface area contributed by atoms with Gasteiger partial charge in [-0.3, -0.25) is 9.88 Å². The fourth-order valence-corrected chi connectivity index (χ4v) is 14.5. The average Bonchev–Trinajstić information content (AvgIpc) is 3.03. The highest BCUT2D eigenvalue weighted by atomic mass is 32.1. The maximum Gasteiger partial charge on any atom is 0.416 e. The number of halogens is 6. The van der Waals surface area contributed by atoms with E-state index in [0.717, 1.165) is 42.4 Å². The Labute approximate surface area is 297 Å². The van der Waals surface area contributed by atoms with Crippen molar-refractivity contribution in [1.82, 2.24) is 9.88 Å². The van der Waals surface area contributed by atoms with Crippen LogP contribution in [0.5, 0.6) is 0 Å². The number of hydrogen-bond acceptors (Lipinski definition) is 4. The molecule has 13 heteroatoms. The van der Waals surface area contributed by atoms with Gasteiger partial charge in [-0.1, -0.05) is 54.9 Å². The van der Waals surface area contributed by atoms with Gasteiger partial charge in [0.05, 0.1) is 22.7 Å². The van der Waals surface area contributed by atoms with Crippen molar-refractivity contribution in [3.8, 4) is 0 Å². The lowest BCUT2D eigenvalue weighted by Gasteiger charge is -2.54. The maximum absolute atomic E-state index is 13.5. The topological polar surface area (TPSA) is 49.4 Å². The van der Waals surface area contributed by atoms with Crippen LogP contribution in [0, 0.1) is 11.8 Å². The van der Waals surface area contributed by atoms with E-state index in [1.807, 2.05) is 24.4 Å². The number of aromatic nitrogens is 1. The number of benzene rings is 2. The number of thiocarbonyl (C=S) groups is 1. The number of pyridine rings is 1. The van der Waals surface area contributed by atoms with Crippen LogP contribution in [0.1, 0.15) is 90.5 Å². The second-order valence-electron chi connectivity index (χ2n) is 14.9. The third kappa shape index (κ3) is 7.85. The number of nitrogens with zero attached hydrogens (tertiary/aromatic N) is 2. The predicted molar refractivity (Wildman–Crippen MR) is 195 cm³/mol. The van der Waals surface area contributed by atoms with Gasteiger partial charge in [-0.05, 0) is 108 Å². The normalized spacial score (nSPS) is 22.1. The molecule has 3 saturated heterocycles. The van der Waals surface area contributed by atoms with E-state index >= 15 is 0 Å². The van der Waals surface area contributed by atoms with Gasteiger partial charge < -0.3 is 15.1 Å². The van der Waals surface area contributed by atoms with Crippen LogP contribution in [-0.2, 0) is 16.8 Å². The summed E-state index contributed by atoms with van der Waals surface area (Å²) in [5.74, 6) is 1.31. The van der Waals surface area contributed by atoms with E-state index < -0.39 is 37.5 Å². The van der Waals surface area contributed by atoms with Gasteiger partial charge in [-0.2, -0.15) is 26.3 Å². The molecule has 1 aromatic heterocycles. The van der Waals surface area contributed by atoms with E-state index in [0.29, 0.717) is 46.3 Å². The van der Waals surface area contributed by atoms with Crippen LogP contribution in [0.4, 0.5) is 37.7 Å². The Bertz CT molecular complexity index is 1630. The van der Waals surface area contributed by atoms with Gasteiger partial charge in [0.1, 0.15) is 0 Å². The molecule has 5 atom stereocenters. The Kier molecular flexibility index (Phi) is 11.3. The molecule has 3 fully saturated rings. The SMILES string of the molecule is CC[C@H]1CN2CC[C@H]1C[C@@H]2[C@@H](O[Si](C(C)C)(C(C)C)C(C)C)c1ccnc2ccc(NC(=S)Nc3cc(C(F)(F)F)cc(C(F)(F)F)c3)cc12. The first-order valence-corrected chi connectivity index (χ1v) is 20.1. The minimum Gasteiger partial charge on any atom is -0.408 e. The van der Waals surface area contributed by atoms with Gasteiger partial charge in [0.15, 0.2) is 5.11 Å². The molecule has 1 unspecified atom stereocenters. The van der Waals surface area contributed by atoms with Crippen LogP contribution in [0.2, 0.25) is 16.6 Å². The molecule has 274 valence electrons. The number of piperidine rings is 3. The van der Waals surface area contributed by atoms with E-state index in [9.17, 15) is 26.3 Å². The Morgan fingerprint density at radius 1 is 0.900 bits per heavy atom. The number of hydrogen-bond donors (Lipinski definition) is 2. The Morgan fingerprint density at radius 3 is 2.02 bits per heavy atom. The van der Waals surface area contributed by atoms with Gasteiger partial charge in [-0.15, -0.1) is 0 Å². The number of fused-ring (bicyclic) bond motifs is 4. The summed E-state index contributed by atoms with van der Waals surface area (Å²) in [6, 6.07) is 9.00. The Balaban J connectivity index is 1.52. The van der Waals surface area contributed by atoms with Crippen LogP contribution in [0.3, 0.4) is 0 Å². The summed E-state index contributed by atoms with van der Waals surface area (Å²) < 4.78 is 88.5. The highest BCUT2D eigenvalue weighted by molar-refractivity contribution is 7.80. The molecule has 2 N–H and O–H groups in total. The first-order valence-electron chi connectivity index (χ1n) is 17.5. The average molecular weight is 739 g/mol. The highest BCUT2D eigenvalue weighted by Gasteiger charge is 2.51. The molecule has 50 heavy (non-hydrogen) atoms. The fraction of sp³-hybridized carbons (Fsp3) is 0.568. The van der Waals surface area contributed by atoms with Gasteiger partial charge >= 0.3 is 12.4 Å². The standard InChI is InChI=1S/C37H48F6N4OSSi/c1-8-24-20-47-14-12-25(24)15-33(47)34(48-50(21(2)3,22(4)5)23(6)7)30-11-13-44-32-10-9-28(19-31(30)32)45-35(49)46-29-17-26(36(38,39)40)16-27(18-29)37(41,42)43/h9-11,13,16-19,21-25,33-34H,8,12,14-15,20H2,1-7H3,(H2,45,46,49)/t24-,25-,33+,34-/m0/s1. The minimum absolute atomic E-state index is 0.0878. The van der Waals surface area contributed by atoms with Gasteiger partial charge in [0.25, 0.3) is 0 Å². The fourth-order valence-electron chi connectivity index (χ4n) is 8.75. The van der Waals surface area contributed by atoms with Crippen LogP contribution < -0.4 is 10.6 Å². The minimum atomic E-state index is -4.97. The largest absolute Gasteiger partial charge is 0.416 e. The Morgan fingerprint density at radius 2 is 1.50 bits per heavy atom. The van der Waals surface area contributed by atoms with Crippen LogP contribution in [0.25, 0.3) is 10.9 Å². The first-order chi connectivity index (χ1) is 23.3. The van der Waals surface area contributed by atoms with Crippen molar-refractivity contribution in [2.24, 2.45) is 11.8 Å². The lowest BCUT2D eigenvalue weighted by molar-refractivity contribution is -0.143. The zero-order valence-electron chi connectivity index (χ0n) is 29.7. The van der Waals surface area contributed by atoms with Crippen molar-refractivity contribution in [3.63, 3.8) is 0 Å². The summed E-state index contributed by atoms with van der Waals surface area (Å²) >= 11 is 5.39. The molecular weight excluding hydrogens is 691 g/mol. The smallest absolute Gasteiger partial charge is 0.408 e. The Hall–Kier alpha value is -2.74. The molecule has 6 rings (SSSR count). The van der Waals surface area contributed by atoms with E-state index in [1.54, 1.807) is 6.07 Å². The number of nitrogens with one attached hydrogen (secondary N) is 2. The molecule has 3 aliphatic rings. The maximum atomic E-state index is 13.5. The molecule has 0 radical (unpaired) electrons. The zero-order valence-corrected chi connectivity index (χ0v) is 31.5. The zero-order chi connectivity index (χ0) is 36.8. The predicted octanol–water partition coefficient (Wildman–Crippen LogP) is 11.4. The summed E-state index contributed by atoms with van der Waals surface area (Å²) in [7, 11) is -2.37.